The van der Waals surface area contributed by atoms with Crippen molar-refractivity contribution in [1.29, 1.82) is 0 Å². The number of nitrogens with zero attached hydrogens (tertiary/aromatic N) is 5. The highest BCUT2D eigenvalue weighted by molar-refractivity contribution is 7.92. The molecular weight excluding hydrogens is 366 g/mol. The fourth-order valence-corrected chi connectivity index (χ4v) is 4.90. The van der Waals surface area contributed by atoms with Crippen LogP contribution in [0.3, 0.4) is 0 Å². The van der Waals surface area contributed by atoms with Crippen LogP contribution < -0.4 is 4.31 Å². The van der Waals surface area contributed by atoms with E-state index in [9.17, 15) is 8.42 Å². The van der Waals surface area contributed by atoms with Crippen molar-refractivity contribution in [3.63, 3.8) is 0 Å². The van der Waals surface area contributed by atoms with Crippen molar-refractivity contribution in [2.75, 3.05) is 37.6 Å². The zero-order chi connectivity index (χ0) is 19.0. The second-order valence-electron chi connectivity index (χ2n) is 6.83. The van der Waals surface area contributed by atoms with Crippen LogP contribution in [0, 0.1) is 0 Å². The minimum Gasteiger partial charge on any atom is -0.394 e. The first kappa shape index (κ1) is 18.0. The molecule has 1 aromatic carbocycles. The van der Waals surface area contributed by atoms with Gasteiger partial charge in [-0.05, 0) is 32.0 Å². The third-order valence-electron chi connectivity index (χ3n) is 5.01. The van der Waals surface area contributed by atoms with Gasteiger partial charge in [0.1, 0.15) is 12.3 Å². The average molecular weight is 389 g/mol. The van der Waals surface area contributed by atoms with Gasteiger partial charge in [-0.3, -0.25) is 13.9 Å². The Balaban J connectivity index is 1.73. The number of para-hydroxylation sites is 1. The number of likely N-dealkylation sites (tertiary alicyclic amines) is 1. The molecule has 0 bridgehead atoms. The van der Waals surface area contributed by atoms with Crippen molar-refractivity contribution in [2.24, 2.45) is 12.2 Å². The topological polar surface area (TPSA) is 80.0 Å². The van der Waals surface area contributed by atoms with Gasteiger partial charge in [-0.2, -0.15) is 13.5 Å². The van der Waals surface area contributed by atoms with E-state index in [1.54, 1.807) is 25.4 Å². The molecule has 0 radical (unpaired) electrons. The molecule has 0 spiro atoms. The van der Waals surface area contributed by atoms with Crippen LogP contribution in [-0.4, -0.2) is 62.1 Å². The number of aromatic nitrogens is 2. The summed E-state index contributed by atoms with van der Waals surface area (Å²) in [4.78, 5) is 7.96. The molecule has 2 aliphatic rings. The summed E-state index contributed by atoms with van der Waals surface area (Å²) in [6, 6.07) is 7.28. The number of sulfonamides is 1. The van der Waals surface area contributed by atoms with E-state index in [0.29, 0.717) is 29.1 Å². The average Bonchev–Trinajstić information content (AvgIpc) is 3.29. The normalized spacial score (nSPS) is 20.4. The number of aryl methyl sites for hydroxylation is 1. The highest BCUT2D eigenvalue weighted by Crippen LogP contribution is 2.33. The Kier molecular flexibility index (Phi) is 4.65. The van der Waals surface area contributed by atoms with Gasteiger partial charge in [-0.1, -0.05) is 23.4 Å². The smallest absolute Gasteiger partial charge is 0.284 e. The van der Waals surface area contributed by atoms with E-state index in [-0.39, 0.29) is 5.03 Å². The summed E-state index contributed by atoms with van der Waals surface area (Å²) in [5.74, 6) is 0. The Morgan fingerprint density at radius 3 is 2.67 bits per heavy atom. The number of oxime groups is 1. The maximum absolute atomic E-state index is 13.0. The molecule has 0 amide bonds. The molecule has 0 atom stereocenters. The van der Waals surface area contributed by atoms with E-state index in [0.717, 1.165) is 19.6 Å². The minimum absolute atomic E-state index is 0.00871. The van der Waals surface area contributed by atoms with Crippen molar-refractivity contribution in [3.05, 3.63) is 41.6 Å². The Hall–Kier alpha value is -2.39. The molecule has 1 aromatic heterocycles. The molecule has 0 unspecified atom stereocenters. The van der Waals surface area contributed by atoms with Gasteiger partial charge in [0.25, 0.3) is 10.0 Å². The van der Waals surface area contributed by atoms with Gasteiger partial charge in [0, 0.05) is 32.4 Å². The lowest BCUT2D eigenvalue weighted by Crippen LogP contribution is -2.27. The lowest BCUT2D eigenvalue weighted by Gasteiger charge is -2.18. The van der Waals surface area contributed by atoms with Gasteiger partial charge in [-0.15, -0.1) is 0 Å². The Morgan fingerprint density at radius 1 is 1.15 bits per heavy atom. The maximum atomic E-state index is 13.0. The molecule has 1 saturated heterocycles. The van der Waals surface area contributed by atoms with Gasteiger partial charge < -0.3 is 4.84 Å². The van der Waals surface area contributed by atoms with E-state index >= 15 is 0 Å². The molecule has 8 nitrogen and oxygen atoms in total. The molecule has 0 aliphatic carbocycles. The van der Waals surface area contributed by atoms with Gasteiger partial charge in [-0.25, -0.2) is 0 Å². The first-order valence-electron chi connectivity index (χ1n) is 9.03. The monoisotopic (exact) mass is 389 g/mol. The highest BCUT2D eigenvalue weighted by Gasteiger charge is 2.36. The third kappa shape index (κ3) is 3.21. The molecule has 144 valence electrons. The van der Waals surface area contributed by atoms with Crippen LogP contribution in [0.5, 0.6) is 0 Å². The maximum Gasteiger partial charge on any atom is 0.284 e. The number of hydrogen-bond acceptors (Lipinski definition) is 6. The van der Waals surface area contributed by atoms with Crippen molar-refractivity contribution >= 4 is 21.4 Å². The molecule has 1 fully saturated rings. The van der Waals surface area contributed by atoms with Crippen LogP contribution in [0.2, 0.25) is 0 Å². The minimum atomic E-state index is -3.77. The first-order valence-corrected chi connectivity index (χ1v) is 10.5. The number of rotatable bonds is 4. The Labute approximate surface area is 159 Å². The lowest BCUT2D eigenvalue weighted by molar-refractivity contribution is 0.119. The van der Waals surface area contributed by atoms with E-state index in [1.165, 1.54) is 28.9 Å². The van der Waals surface area contributed by atoms with Gasteiger partial charge in [0.15, 0.2) is 0 Å². The summed E-state index contributed by atoms with van der Waals surface area (Å²) in [5, 5.41) is 8.52. The van der Waals surface area contributed by atoms with Crippen molar-refractivity contribution in [1.82, 2.24) is 14.7 Å². The summed E-state index contributed by atoms with van der Waals surface area (Å²) in [6.07, 6.45) is 4.13. The number of benzene rings is 1. The second-order valence-corrected chi connectivity index (χ2v) is 8.72. The molecular formula is C18H23N5O3S. The standard InChI is InChI=1S/C18H23N5O3S/c1-21-13-15-17(20-26-12-11-23-9-5-6-10-23)14-7-3-4-8-16(14)22(2)27(24,25)18(15)19-21/h3-4,7-8,13H,5-6,9-12H2,1-2H3. The van der Waals surface area contributed by atoms with Gasteiger partial charge in [0.05, 0.1) is 11.3 Å². The van der Waals surface area contributed by atoms with Gasteiger partial charge >= 0.3 is 0 Å². The fraction of sp³-hybridized carbons (Fsp3) is 0.444. The van der Waals surface area contributed by atoms with Crippen LogP contribution >= 0.6 is 0 Å². The van der Waals surface area contributed by atoms with Crippen LogP contribution in [-0.2, 0) is 21.9 Å². The SMILES string of the molecule is CN1c2ccccc2C(=NOCCN2CCCC2)c2cn(C)nc2S1(=O)=O. The van der Waals surface area contributed by atoms with E-state index in [4.69, 9.17) is 4.84 Å². The molecule has 9 heteroatoms. The molecule has 2 aliphatic heterocycles. The van der Waals surface area contributed by atoms with E-state index in [1.807, 2.05) is 12.1 Å². The van der Waals surface area contributed by atoms with Crippen molar-refractivity contribution in [3.8, 4) is 0 Å². The Bertz CT molecular complexity index is 977. The largest absolute Gasteiger partial charge is 0.394 e. The summed E-state index contributed by atoms with van der Waals surface area (Å²) in [5.41, 5.74) is 2.20. The molecule has 27 heavy (non-hydrogen) atoms. The quantitative estimate of drug-likeness (QED) is 0.584. The van der Waals surface area contributed by atoms with E-state index < -0.39 is 10.0 Å². The molecule has 0 N–H and O–H groups in total. The van der Waals surface area contributed by atoms with Gasteiger partial charge in [0.2, 0.25) is 5.03 Å². The number of hydrogen-bond donors (Lipinski definition) is 0. The first-order chi connectivity index (χ1) is 13.0. The number of anilines is 1. The van der Waals surface area contributed by atoms with Crippen LogP contribution in [0.4, 0.5) is 5.69 Å². The second kappa shape index (κ2) is 6.97. The van der Waals surface area contributed by atoms with Crippen LogP contribution in [0.25, 0.3) is 0 Å². The third-order valence-corrected chi connectivity index (χ3v) is 6.71. The lowest BCUT2D eigenvalue weighted by atomic mass is 10.0. The van der Waals surface area contributed by atoms with Crippen molar-refractivity contribution in [2.45, 2.75) is 17.9 Å². The van der Waals surface area contributed by atoms with Crippen molar-refractivity contribution < 1.29 is 13.3 Å². The zero-order valence-electron chi connectivity index (χ0n) is 15.5. The molecule has 4 rings (SSSR count). The summed E-state index contributed by atoms with van der Waals surface area (Å²) < 4.78 is 28.7. The zero-order valence-corrected chi connectivity index (χ0v) is 16.3. The molecule has 2 aromatic rings. The predicted molar refractivity (Wildman–Crippen MR) is 103 cm³/mol. The Morgan fingerprint density at radius 2 is 1.89 bits per heavy atom. The summed E-state index contributed by atoms with van der Waals surface area (Å²) >= 11 is 0. The van der Waals surface area contributed by atoms with E-state index in [2.05, 4.69) is 15.2 Å². The summed E-state index contributed by atoms with van der Waals surface area (Å²) in [7, 11) is -0.542. The highest BCUT2D eigenvalue weighted by atomic mass is 32.2. The summed E-state index contributed by atoms with van der Waals surface area (Å²) in [6.45, 7) is 3.47. The molecule has 0 saturated carbocycles. The molecule has 3 heterocycles. The van der Waals surface area contributed by atoms with Crippen LogP contribution in [0.15, 0.2) is 40.6 Å². The fourth-order valence-electron chi connectivity index (χ4n) is 3.56. The predicted octanol–water partition coefficient (Wildman–Crippen LogP) is 1.42. The van der Waals surface area contributed by atoms with Crippen LogP contribution in [0.1, 0.15) is 24.0 Å². The number of fused-ring (bicyclic) bond motifs is 2.